The fourth-order valence-electron chi connectivity index (χ4n) is 3.14. The van der Waals surface area contributed by atoms with Gasteiger partial charge in [0.25, 0.3) is 5.91 Å². The molecule has 0 unspecified atom stereocenters. The second-order valence-electron chi connectivity index (χ2n) is 7.49. The highest BCUT2D eigenvalue weighted by atomic mass is 35.5. The number of carbonyl (C=O) groups is 2. The summed E-state index contributed by atoms with van der Waals surface area (Å²) in [5, 5.41) is 22.2. The van der Waals surface area contributed by atoms with Gasteiger partial charge >= 0.3 is 0 Å². The van der Waals surface area contributed by atoms with E-state index in [1.807, 2.05) is 37.3 Å². The number of aromatic nitrogens is 2. The van der Waals surface area contributed by atoms with Crippen molar-refractivity contribution in [1.29, 1.82) is 0 Å². The first-order chi connectivity index (χ1) is 16.3. The zero-order valence-corrected chi connectivity index (χ0v) is 19.7. The lowest BCUT2D eigenvalue weighted by Crippen LogP contribution is -2.29. The number of hydrogen-bond donors (Lipinski definition) is 5. The van der Waals surface area contributed by atoms with Gasteiger partial charge in [0.1, 0.15) is 17.4 Å². The molecule has 0 aliphatic heterocycles. The van der Waals surface area contributed by atoms with E-state index in [4.69, 9.17) is 11.6 Å². The fourth-order valence-corrected chi connectivity index (χ4v) is 3.31. The van der Waals surface area contributed by atoms with E-state index in [9.17, 15) is 14.7 Å². The molecule has 178 valence electrons. The van der Waals surface area contributed by atoms with Crippen molar-refractivity contribution in [2.24, 2.45) is 0 Å². The van der Waals surface area contributed by atoms with Gasteiger partial charge in [0.15, 0.2) is 5.82 Å². The molecule has 0 aliphatic carbocycles. The Hall–Kier alpha value is -3.85. The molecule has 3 rings (SSSR count). The lowest BCUT2D eigenvalue weighted by atomic mass is 10.2. The van der Waals surface area contributed by atoms with Crippen molar-refractivity contribution in [2.75, 3.05) is 36.8 Å². The minimum atomic E-state index is -0.425. The number of benzene rings is 2. The van der Waals surface area contributed by atoms with E-state index >= 15 is 0 Å². The van der Waals surface area contributed by atoms with Gasteiger partial charge in [-0.1, -0.05) is 41.9 Å². The van der Waals surface area contributed by atoms with Crippen molar-refractivity contribution in [3.8, 4) is 17.1 Å². The molecule has 5 N–H and O–H groups in total. The molecule has 2 aromatic carbocycles. The number of nitrogens with one attached hydrogen (secondary N) is 4. The van der Waals surface area contributed by atoms with Crippen LogP contribution in [-0.4, -0.2) is 53.1 Å². The molecule has 0 bridgehead atoms. The minimum Gasteiger partial charge on any atom is -0.507 e. The number of anilines is 2. The van der Waals surface area contributed by atoms with Gasteiger partial charge in [0.2, 0.25) is 5.91 Å². The molecule has 1 heterocycles. The van der Waals surface area contributed by atoms with E-state index in [1.54, 1.807) is 0 Å². The van der Waals surface area contributed by atoms with Crippen LogP contribution in [0.15, 0.2) is 48.5 Å². The zero-order valence-electron chi connectivity index (χ0n) is 19.0. The summed E-state index contributed by atoms with van der Waals surface area (Å²) in [7, 11) is 0. The first-order valence-electron chi connectivity index (χ1n) is 10.8. The number of halogens is 1. The topological polar surface area (TPSA) is 128 Å². The Morgan fingerprint density at radius 1 is 0.912 bits per heavy atom. The predicted octanol–water partition coefficient (Wildman–Crippen LogP) is 3.20. The number of rotatable bonds is 10. The number of amides is 2. The van der Waals surface area contributed by atoms with Crippen LogP contribution in [-0.2, 0) is 4.79 Å². The summed E-state index contributed by atoms with van der Waals surface area (Å²) >= 11 is 5.92. The monoisotopic (exact) mass is 482 g/mol. The fraction of sp³-hybridized carbons (Fsp3) is 0.250. The number of nitrogens with zero attached hydrogens (tertiary/aromatic N) is 2. The first kappa shape index (κ1) is 24.8. The second-order valence-corrected chi connectivity index (χ2v) is 7.93. The summed E-state index contributed by atoms with van der Waals surface area (Å²) < 4.78 is 0. The van der Waals surface area contributed by atoms with Crippen LogP contribution < -0.4 is 21.3 Å². The molecule has 3 aromatic rings. The zero-order chi connectivity index (χ0) is 24.5. The summed E-state index contributed by atoms with van der Waals surface area (Å²) in [6.07, 6.45) is 0. The third-order valence-electron chi connectivity index (χ3n) is 4.88. The quantitative estimate of drug-likeness (QED) is 0.281. The van der Waals surface area contributed by atoms with Gasteiger partial charge in [-0.05, 0) is 25.1 Å². The summed E-state index contributed by atoms with van der Waals surface area (Å²) in [5.41, 5.74) is 1.78. The first-order valence-corrected chi connectivity index (χ1v) is 11.2. The van der Waals surface area contributed by atoms with Crippen LogP contribution in [0.4, 0.5) is 11.6 Å². The van der Waals surface area contributed by atoms with E-state index < -0.39 is 5.91 Å². The average molecular weight is 483 g/mol. The standard InChI is InChI=1S/C24H27ClN6O3/c1-15-21(27-11-10-26-16(2)32)30-23(17-6-4-3-5-7-17)31-22(15)28-12-13-29-24(34)19-14-18(25)8-9-20(19)33/h3-9,14,33H,10-13H2,1-2H3,(H,26,32)(H,29,34)(H2,27,28,30,31). The molecule has 10 heteroatoms. The van der Waals surface area contributed by atoms with Gasteiger partial charge in [0.05, 0.1) is 5.56 Å². The Morgan fingerprint density at radius 2 is 1.53 bits per heavy atom. The molecule has 0 saturated carbocycles. The lowest BCUT2D eigenvalue weighted by Gasteiger charge is -2.16. The SMILES string of the molecule is CC(=O)NCCNc1nc(-c2ccccc2)nc(NCCNC(=O)c2cc(Cl)ccc2O)c1C. The molecule has 0 radical (unpaired) electrons. The maximum Gasteiger partial charge on any atom is 0.255 e. The van der Waals surface area contributed by atoms with E-state index in [2.05, 4.69) is 31.2 Å². The Labute approximate surface area is 203 Å². The van der Waals surface area contributed by atoms with Crippen molar-refractivity contribution < 1.29 is 14.7 Å². The van der Waals surface area contributed by atoms with Crippen LogP contribution in [0.25, 0.3) is 11.4 Å². The van der Waals surface area contributed by atoms with E-state index in [1.165, 1.54) is 25.1 Å². The van der Waals surface area contributed by atoms with Crippen molar-refractivity contribution in [2.45, 2.75) is 13.8 Å². The Bertz CT molecular complexity index is 1160. The highest BCUT2D eigenvalue weighted by molar-refractivity contribution is 6.31. The Kier molecular flexibility index (Phi) is 8.64. The number of phenols is 1. The van der Waals surface area contributed by atoms with Crippen LogP contribution in [0, 0.1) is 6.92 Å². The molecular formula is C24H27ClN6O3. The van der Waals surface area contributed by atoms with Gasteiger partial charge in [0, 0.05) is 49.3 Å². The number of phenolic OH excluding ortho intramolecular Hbond substituents is 1. The highest BCUT2D eigenvalue weighted by Gasteiger charge is 2.14. The van der Waals surface area contributed by atoms with Gasteiger partial charge in [-0.15, -0.1) is 0 Å². The van der Waals surface area contributed by atoms with Gasteiger partial charge < -0.3 is 26.4 Å². The molecule has 0 saturated heterocycles. The Balaban J connectivity index is 1.69. The van der Waals surface area contributed by atoms with Gasteiger partial charge in [-0.3, -0.25) is 9.59 Å². The molecule has 9 nitrogen and oxygen atoms in total. The maximum atomic E-state index is 12.4. The number of aromatic hydroxyl groups is 1. The summed E-state index contributed by atoms with van der Waals surface area (Å²) in [5.74, 6) is 1.16. The van der Waals surface area contributed by atoms with Crippen LogP contribution >= 0.6 is 11.6 Å². The van der Waals surface area contributed by atoms with Gasteiger partial charge in [-0.25, -0.2) is 9.97 Å². The van der Waals surface area contributed by atoms with Crippen LogP contribution in [0.1, 0.15) is 22.8 Å². The number of hydrogen-bond acceptors (Lipinski definition) is 7. The molecule has 34 heavy (non-hydrogen) atoms. The molecule has 0 fully saturated rings. The molecule has 0 aliphatic rings. The summed E-state index contributed by atoms with van der Waals surface area (Å²) in [4.78, 5) is 32.8. The minimum absolute atomic E-state index is 0.0957. The third-order valence-corrected chi connectivity index (χ3v) is 5.11. The predicted molar refractivity (Wildman–Crippen MR) is 133 cm³/mol. The van der Waals surface area contributed by atoms with Crippen LogP contribution in [0.2, 0.25) is 5.02 Å². The smallest absolute Gasteiger partial charge is 0.255 e. The van der Waals surface area contributed by atoms with Crippen molar-refractivity contribution in [1.82, 2.24) is 20.6 Å². The van der Waals surface area contributed by atoms with E-state index in [0.29, 0.717) is 48.7 Å². The van der Waals surface area contributed by atoms with Crippen molar-refractivity contribution in [3.63, 3.8) is 0 Å². The summed E-state index contributed by atoms with van der Waals surface area (Å²) in [6.45, 7) is 5.01. The largest absolute Gasteiger partial charge is 0.507 e. The van der Waals surface area contributed by atoms with E-state index in [0.717, 1.165) is 11.1 Å². The van der Waals surface area contributed by atoms with Crippen molar-refractivity contribution >= 4 is 35.1 Å². The van der Waals surface area contributed by atoms with Crippen LogP contribution in [0.5, 0.6) is 5.75 Å². The number of carbonyl (C=O) groups excluding carboxylic acids is 2. The Morgan fingerprint density at radius 3 is 2.15 bits per heavy atom. The van der Waals surface area contributed by atoms with Crippen LogP contribution in [0.3, 0.4) is 0 Å². The lowest BCUT2D eigenvalue weighted by molar-refractivity contribution is -0.118. The second kappa shape index (κ2) is 11.9. The molecular weight excluding hydrogens is 456 g/mol. The molecule has 1 aromatic heterocycles. The summed E-state index contributed by atoms with van der Waals surface area (Å²) in [6, 6.07) is 13.9. The third kappa shape index (κ3) is 6.82. The molecule has 0 spiro atoms. The normalized spacial score (nSPS) is 10.4. The van der Waals surface area contributed by atoms with Gasteiger partial charge in [-0.2, -0.15) is 0 Å². The average Bonchev–Trinajstić information content (AvgIpc) is 2.83. The molecule has 2 amide bonds. The van der Waals surface area contributed by atoms with Crippen molar-refractivity contribution in [3.05, 3.63) is 64.7 Å². The molecule has 0 atom stereocenters. The highest BCUT2D eigenvalue weighted by Crippen LogP contribution is 2.25. The van der Waals surface area contributed by atoms with E-state index in [-0.39, 0.29) is 17.2 Å². The maximum absolute atomic E-state index is 12.4.